The Hall–Kier alpha value is -3.64. The highest BCUT2D eigenvalue weighted by molar-refractivity contribution is 6.43. The number of Topliss-reactive ketones (excluding diaryl/α,β-unsaturated/α-hetero) is 1. The highest BCUT2D eigenvalue weighted by Gasteiger charge is 2.63. The zero-order valence-electron chi connectivity index (χ0n) is 20.6. The number of halogens is 2. The minimum atomic E-state index is -2.58. The van der Waals surface area contributed by atoms with Gasteiger partial charge in [0.2, 0.25) is 11.3 Å². The van der Waals surface area contributed by atoms with Crippen LogP contribution in [0.2, 0.25) is 10.0 Å². The summed E-state index contributed by atoms with van der Waals surface area (Å²) in [6, 6.07) is 5.82. The number of benzene rings is 2. The van der Waals surface area contributed by atoms with Crippen LogP contribution < -0.4 is 26.8 Å². The Kier molecular flexibility index (Phi) is 7.15. The van der Waals surface area contributed by atoms with Crippen molar-refractivity contribution in [2.24, 2.45) is 5.73 Å². The van der Waals surface area contributed by atoms with E-state index in [1.165, 1.54) is 30.3 Å². The summed E-state index contributed by atoms with van der Waals surface area (Å²) in [6.07, 6.45) is 0.613. The Morgan fingerprint density at radius 1 is 1.16 bits per heavy atom. The average molecular weight is 562 g/mol. The molecule has 1 unspecified atom stereocenters. The fourth-order valence-electron chi connectivity index (χ4n) is 4.39. The number of carbonyl (C=O) groups excluding carboxylic acids is 3. The topological polar surface area (TPSA) is 163 Å². The number of hydrazine groups is 1. The molecule has 6 N–H and O–H groups in total. The third kappa shape index (κ3) is 4.69. The van der Waals surface area contributed by atoms with E-state index in [-0.39, 0.29) is 32.5 Å². The molecule has 1 atom stereocenters. The van der Waals surface area contributed by atoms with E-state index in [4.69, 9.17) is 33.7 Å². The number of rotatable bonds is 4. The molecule has 2 aliphatic heterocycles. The summed E-state index contributed by atoms with van der Waals surface area (Å²) in [4.78, 5) is 52.7. The molecule has 1 saturated heterocycles. The van der Waals surface area contributed by atoms with Crippen LogP contribution in [-0.2, 0) is 15.1 Å². The summed E-state index contributed by atoms with van der Waals surface area (Å²) < 4.78 is 5.53. The van der Waals surface area contributed by atoms with Gasteiger partial charge < -0.3 is 20.9 Å². The molecule has 2 heterocycles. The zero-order chi connectivity index (χ0) is 28.0. The smallest absolute Gasteiger partial charge is 0.416 e. The van der Waals surface area contributed by atoms with Gasteiger partial charge in [-0.1, -0.05) is 41.4 Å². The summed E-state index contributed by atoms with van der Waals surface area (Å²) in [6.45, 7) is 5.83. The molecule has 4 rings (SSSR count). The van der Waals surface area contributed by atoms with Gasteiger partial charge in [-0.25, -0.2) is 19.3 Å². The summed E-state index contributed by atoms with van der Waals surface area (Å²) in [5.41, 5.74) is 8.54. The van der Waals surface area contributed by atoms with Crippen molar-refractivity contribution in [1.82, 2.24) is 10.9 Å². The van der Waals surface area contributed by atoms with Crippen molar-refractivity contribution in [3.63, 3.8) is 0 Å². The van der Waals surface area contributed by atoms with Crippen LogP contribution >= 0.6 is 23.2 Å². The van der Waals surface area contributed by atoms with Crippen LogP contribution in [0, 0.1) is 0 Å². The van der Waals surface area contributed by atoms with E-state index in [0.29, 0.717) is 18.7 Å². The number of fused-ring (bicyclic) bond motifs is 1. The van der Waals surface area contributed by atoms with E-state index in [9.17, 15) is 24.3 Å². The van der Waals surface area contributed by atoms with E-state index in [1.807, 2.05) is 0 Å². The molecule has 0 spiro atoms. The molecule has 0 aliphatic carbocycles. The third-order valence-corrected chi connectivity index (χ3v) is 6.63. The predicted molar refractivity (Wildman–Crippen MR) is 142 cm³/mol. The lowest BCUT2D eigenvalue weighted by atomic mass is 9.84. The second kappa shape index (κ2) is 9.91. The number of amides is 3. The number of urea groups is 1. The van der Waals surface area contributed by atoms with Crippen LogP contribution in [0.15, 0.2) is 35.9 Å². The number of hydrogen-bond acceptors (Lipinski definition) is 7. The Bertz CT molecular complexity index is 1380. The number of nitrogens with zero attached hydrogens (tertiary/aromatic N) is 1. The third-order valence-electron chi connectivity index (χ3n) is 5.92. The fraction of sp³-hybridized carbons (Fsp3) is 0.280. The molecule has 2 aromatic carbocycles. The number of carboxylic acid groups (broad SMARTS) is 1. The Balaban J connectivity index is 1.98. The summed E-state index contributed by atoms with van der Waals surface area (Å²) in [5.74, 6) is -2.60. The number of aliphatic carboxylic acids is 1. The van der Waals surface area contributed by atoms with Crippen LogP contribution in [-0.4, -0.2) is 47.7 Å². The maximum atomic E-state index is 14.1. The predicted octanol–water partition coefficient (Wildman–Crippen LogP) is 3.89. The Morgan fingerprint density at radius 2 is 1.76 bits per heavy atom. The van der Waals surface area contributed by atoms with Crippen molar-refractivity contribution in [2.45, 2.75) is 31.9 Å². The number of carbonyl (C=O) groups is 4. The van der Waals surface area contributed by atoms with Crippen molar-refractivity contribution >= 4 is 64.5 Å². The van der Waals surface area contributed by atoms with Crippen LogP contribution in [0.3, 0.4) is 0 Å². The molecule has 38 heavy (non-hydrogen) atoms. The highest BCUT2D eigenvalue weighted by atomic mass is 35.5. The molecule has 0 aromatic heterocycles. The molecule has 2 aliphatic rings. The number of carboxylic acids is 1. The van der Waals surface area contributed by atoms with Gasteiger partial charge in [0.05, 0.1) is 21.3 Å². The van der Waals surface area contributed by atoms with E-state index < -0.39 is 35.0 Å². The molecule has 1 fully saturated rings. The number of primary amides is 1. The maximum absolute atomic E-state index is 14.1. The first-order valence-corrected chi connectivity index (χ1v) is 12.2. The molecular weight excluding hydrogens is 537 g/mol. The molecule has 0 saturated carbocycles. The van der Waals surface area contributed by atoms with Gasteiger partial charge in [0, 0.05) is 24.3 Å². The fourth-order valence-corrected chi connectivity index (χ4v) is 5.03. The number of ether oxygens (including phenoxy) is 1. The second-order valence-electron chi connectivity index (χ2n) is 9.72. The van der Waals surface area contributed by atoms with Gasteiger partial charge in [0.25, 0.3) is 0 Å². The van der Waals surface area contributed by atoms with Crippen molar-refractivity contribution in [2.75, 3.05) is 23.3 Å². The molecule has 0 radical (unpaired) electrons. The van der Waals surface area contributed by atoms with Crippen molar-refractivity contribution in [3.05, 3.63) is 62.6 Å². The standard InChI is InChI=1S/C25H25Cl2N5O6/c1-24(2,3)38-23(37)32-17-9-16(26)15(8-12-10-29-30-11-12)19(27)18(17)20(33)25(32,21(34)35)13-4-6-14(7-5-13)31-22(28)36/h4-9,29-30H,10-11H2,1-3H3,(H,34,35)(H3,28,31,36). The van der Waals surface area contributed by atoms with Crippen LogP contribution in [0.5, 0.6) is 0 Å². The molecule has 0 bridgehead atoms. The molecule has 200 valence electrons. The van der Waals surface area contributed by atoms with Crippen molar-refractivity contribution in [1.29, 1.82) is 0 Å². The quantitative estimate of drug-likeness (QED) is 0.351. The van der Waals surface area contributed by atoms with Gasteiger partial charge in [-0.15, -0.1) is 0 Å². The van der Waals surface area contributed by atoms with Gasteiger partial charge in [-0.2, -0.15) is 0 Å². The maximum Gasteiger partial charge on any atom is 0.416 e. The molecule has 3 amide bonds. The number of nitrogens with two attached hydrogens (primary N) is 1. The van der Waals surface area contributed by atoms with E-state index in [1.54, 1.807) is 26.8 Å². The van der Waals surface area contributed by atoms with Crippen molar-refractivity contribution in [3.8, 4) is 0 Å². The number of nitrogens with one attached hydrogen (secondary N) is 3. The highest BCUT2D eigenvalue weighted by Crippen LogP contribution is 2.51. The SMILES string of the molecule is CC(C)(C)OC(=O)N1c2cc(Cl)c(C=C3CNNC3)c(Cl)c2C(=O)C1(C(=O)O)c1ccc(NC(N)=O)cc1. The second-order valence-corrected chi connectivity index (χ2v) is 10.5. The number of anilines is 2. The summed E-state index contributed by atoms with van der Waals surface area (Å²) in [7, 11) is 0. The van der Waals surface area contributed by atoms with E-state index >= 15 is 0 Å². The minimum absolute atomic E-state index is 0.0802. The molecule has 11 nitrogen and oxygen atoms in total. The first kappa shape index (κ1) is 27.4. The largest absolute Gasteiger partial charge is 0.479 e. The number of hydrogen-bond donors (Lipinski definition) is 5. The normalized spacial score (nSPS) is 18.8. The minimum Gasteiger partial charge on any atom is -0.479 e. The number of ketones is 1. The van der Waals surface area contributed by atoms with Crippen LogP contribution in [0.4, 0.5) is 21.0 Å². The Morgan fingerprint density at radius 3 is 2.29 bits per heavy atom. The summed E-state index contributed by atoms with van der Waals surface area (Å²) in [5, 5.41) is 13.0. The zero-order valence-corrected chi connectivity index (χ0v) is 22.2. The molecule has 2 aromatic rings. The van der Waals surface area contributed by atoms with Gasteiger partial charge in [0.1, 0.15) is 5.60 Å². The monoisotopic (exact) mass is 561 g/mol. The van der Waals surface area contributed by atoms with E-state index in [0.717, 1.165) is 10.5 Å². The lowest BCUT2D eigenvalue weighted by molar-refractivity contribution is -0.141. The molecular formula is C25H25Cl2N5O6. The van der Waals surface area contributed by atoms with Gasteiger partial charge in [-0.3, -0.25) is 15.6 Å². The first-order chi connectivity index (χ1) is 17.8. The lowest BCUT2D eigenvalue weighted by Crippen LogP contribution is -2.57. The first-order valence-electron chi connectivity index (χ1n) is 11.4. The molecule has 13 heteroatoms. The Labute approximate surface area is 227 Å². The average Bonchev–Trinajstić information content (AvgIpc) is 3.40. The van der Waals surface area contributed by atoms with Gasteiger partial charge in [0.15, 0.2) is 0 Å². The van der Waals surface area contributed by atoms with Crippen LogP contribution in [0.1, 0.15) is 42.3 Å². The van der Waals surface area contributed by atoms with Crippen molar-refractivity contribution < 1.29 is 29.0 Å². The lowest BCUT2D eigenvalue weighted by Gasteiger charge is -2.35. The summed E-state index contributed by atoms with van der Waals surface area (Å²) >= 11 is 13.3. The van der Waals surface area contributed by atoms with E-state index in [2.05, 4.69) is 16.2 Å². The van der Waals surface area contributed by atoms with Gasteiger partial charge >= 0.3 is 18.1 Å². The van der Waals surface area contributed by atoms with Crippen LogP contribution in [0.25, 0.3) is 6.08 Å². The van der Waals surface area contributed by atoms with Gasteiger partial charge in [-0.05, 0) is 50.1 Å².